The largest absolute Gasteiger partial charge is 0.492 e. The van der Waals surface area contributed by atoms with Crippen molar-refractivity contribution in [2.75, 3.05) is 7.11 Å². The van der Waals surface area contributed by atoms with E-state index in [-0.39, 0.29) is 0 Å². The minimum Gasteiger partial charge on any atom is -0.492 e. The first-order valence-corrected chi connectivity index (χ1v) is 4.13. The second-order valence-corrected chi connectivity index (χ2v) is 2.73. The Hall–Kier alpha value is -0.900. The van der Waals surface area contributed by atoms with E-state index in [1.165, 1.54) is 12.0 Å². The lowest BCUT2D eigenvalue weighted by molar-refractivity contribution is 0.277. The van der Waals surface area contributed by atoms with Crippen molar-refractivity contribution in [2.45, 2.75) is 32.6 Å². The summed E-state index contributed by atoms with van der Waals surface area (Å²) in [6.07, 6.45) is 4.46. The van der Waals surface area contributed by atoms with Gasteiger partial charge in [-0.05, 0) is 24.1 Å². The average Bonchev–Trinajstić information content (AvgIpc) is 2.07. The highest BCUT2D eigenvalue weighted by atomic mass is 16.5. The van der Waals surface area contributed by atoms with Gasteiger partial charge in [0.25, 0.3) is 0 Å². The Bertz CT molecular complexity index is 225. The van der Waals surface area contributed by atoms with Gasteiger partial charge in [0.05, 0.1) is 7.11 Å². The zero-order chi connectivity index (χ0) is 8.10. The fourth-order valence-corrected chi connectivity index (χ4v) is 1.19. The lowest BCUT2D eigenvalue weighted by Gasteiger charge is -2.07. The van der Waals surface area contributed by atoms with Crippen molar-refractivity contribution in [3.8, 4) is 0 Å². The van der Waals surface area contributed by atoms with Crippen LogP contribution in [0, 0.1) is 0 Å². The molecule has 0 saturated carbocycles. The summed E-state index contributed by atoms with van der Waals surface area (Å²) in [5, 5.41) is 0. The molecule has 1 nitrogen and oxygen atoms in total. The Labute approximate surface area is 68.1 Å². The molecule has 0 saturated heterocycles. The molecule has 0 heterocycles. The summed E-state index contributed by atoms with van der Waals surface area (Å²) in [5.74, 6) is 0.935. The van der Waals surface area contributed by atoms with E-state index in [1.807, 2.05) is 0 Å². The molecule has 0 aromatic rings. The molecule has 0 N–H and O–H groups in total. The molecule has 1 aliphatic rings. The third kappa shape index (κ3) is 2.31. The van der Waals surface area contributed by atoms with E-state index >= 15 is 0 Å². The summed E-state index contributed by atoms with van der Waals surface area (Å²) < 4.78 is 5.05. The summed E-state index contributed by atoms with van der Waals surface area (Å²) in [7, 11) is 1.69. The first kappa shape index (κ1) is 8.20. The van der Waals surface area contributed by atoms with E-state index < -0.39 is 0 Å². The van der Waals surface area contributed by atoms with Crippen molar-refractivity contribution in [1.82, 2.24) is 0 Å². The van der Waals surface area contributed by atoms with Crippen LogP contribution in [0.25, 0.3) is 0 Å². The molecular weight excluding hydrogens is 136 g/mol. The number of methoxy groups -OCH3 is 1. The van der Waals surface area contributed by atoms with Crippen LogP contribution in [-0.2, 0) is 4.74 Å². The van der Waals surface area contributed by atoms with Gasteiger partial charge in [0.1, 0.15) is 5.76 Å². The topological polar surface area (TPSA) is 9.23 Å². The van der Waals surface area contributed by atoms with Crippen molar-refractivity contribution in [3.05, 3.63) is 22.8 Å². The van der Waals surface area contributed by atoms with Crippen LogP contribution in [0.5, 0.6) is 0 Å². The number of allylic oxidation sites excluding steroid dienone is 2. The molecule has 1 rings (SSSR count). The molecule has 0 atom stereocenters. The molecule has 60 valence electrons. The zero-order valence-corrected chi connectivity index (χ0v) is 7.24. The van der Waals surface area contributed by atoms with Crippen LogP contribution in [0.1, 0.15) is 32.6 Å². The summed E-state index contributed by atoms with van der Waals surface area (Å²) in [4.78, 5) is 0. The Kier molecular flexibility index (Phi) is 3.04. The van der Waals surface area contributed by atoms with E-state index in [1.54, 1.807) is 7.11 Å². The highest BCUT2D eigenvalue weighted by Gasteiger charge is 2.02. The second-order valence-electron chi connectivity index (χ2n) is 2.73. The number of hydrogen-bond donors (Lipinski definition) is 0. The van der Waals surface area contributed by atoms with Crippen LogP contribution in [0.15, 0.2) is 22.8 Å². The monoisotopic (exact) mass is 150 g/mol. The summed E-state index contributed by atoms with van der Waals surface area (Å²) >= 11 is 0. The van der Waals surface area contributed by atoms with Gasteiger partial charge in [-0.25, -0.2) is 0 Å². The molecule has 0 bridgehead atoms. The Morgan fingerprint density at radius 1 is 1.36 bits per heavy atom. The standard InChI is InChI=1S/C10H14O/c1-3-4-9-5-7-10(11-2)8-6-9/h3-5,7H2,1-2H3. The fraction of sp³-hybridized carbons (Fsp3) is 0.600. The maximum Gasteiger partial charge on any atom is 0.146 e. The zero-order valence-electron chi connectivity index (χ0n) is 7.24. The molecular formula is C10H14O. The van der Waals surface area contributed by atoms with Gasteiger partial charge in [-0.3, -0.25) is 0 Å². The molecule has 11 heavy (non-hydrogen) atoms. The predicted octanol–water partition coefficient (Wildman–Crippen LogP) is 2.79. The van der Waals surface area contributed by atoms with Gasteiger partial charge in [0.2, 0.25) is 0 Å². The van der Waals surface area contributed by atoms with Crippen LogP contribution >= 0.6 is 0 Å². The predicted molar refractivity (Wildman–Crippen MR) is 45.2 cm³/mol. The average molecular weight is 150 g/mol. The van der Waals surface area contributed by atoms with Gasteiger partial charge in [0.15, 0.2) is 0 Å². The van der Waals surface area contributed by atoms with E-state index in [9.17, 15) is 0 Å². The highest BCUT2D eigenvalue weighted by molar-refractivity contribution is 5.10. The minimum atomic E-state index is 0.935. The summed E-state index contributed by atoms with van der Waals surface area (Å²) in [6, 6.07) is 0. The number of rotatable bonds is 3. The smallest absolute Gasteiger partial charge is 0.146 e. The van der Waals surface area contributed by atoms with Crippen molar-refractivity contribution in [1.29, 1.82) is 0 Å². The third-order valence-electron chi connectivity index (χ3n) is 1.83. The first-order valence-electron chi connectivity index (χ1n) is 4.13. The maximum atomic E-state index is 5.05. The van der Waals surface area contributed by atoms with Gasteiger partial charge in [-0.1, -0.05) is 19.1 Å². The van der Waals surface area contributed by atoms with Gasteiger partial charge < -0.3 is 4.74 Å². The van der Waals surface area contributed by atoms with E-state index in [4.69, 9.17) is 4.74 Å². The maximum absolute atomic E-state index is 5.05. The van der Waals surface area contributed by atoms with Gasteiger partial charge >= 0.3 is 0 Å². The molecule has 0 aromatic carbocycles. The van der Waals surface area contributed by atoms with Crippen LogP contribution in [0.3, 0.4) is 0 Å². The van der Waals surface area contributed by atoms with Crippen LogP contribution in [0.4, 0.5) is 0 Å². The summed E-state index contributed by atoms with van der Waals surface area (Å²) in [6.45, 7) is 2.18. The Balaban J connectivity index is 2.71. The van der Waals surface area contributed by atoms with Gasteiger partial charge in [-0.15, -0.1) is 0 Å². The molecule has 0 spiro atoms. The van der Waals surface area contributed by atoms with Crippen LogP contribution < -0.4 is 0 Å². The molecule has 1 heteroatoms. The Morgan fingerprint density at radius 3 is 2.64 bits per heavy atom. The molecule has 0 radical (unpaired) electrons. The van der Waals surface area contributed by atoms with Crippen molar-refractivity contribution < 1.29 is 4.74 Å². The van der Waals surface area contributed by atoms with Gasteiger partial charge in [-0.2, -0.15) is 0 Å². The number of hydrogen-bond acceptors (Lipinski definition) is 1. The molecule has 0 amide bonds. The minimum absolute atomic E-state index is 0.935. The summed E-state index contributed by atoms with van der Waals surface area (Å²) in [5.41, 5.74) is 7.52. The van der Waals surface area contributed by atoms with E-state index in [0.717, 1.165) is 25.0 Å². The Morgan fingerprint density at radius 2 is 2.18 bits per heavy atom. The normalized spacial score (nSPS) is 15.8. The number of ether oxygens (including phenoxy) is 1. The van der Waals surface area contributed by atoms with Crippen molar-refractivity contribution >= 4 is 0 Å². The molecule has 0 unspecified atom stereocenters. The lowest BCUT2D eigenvalue weighted by Crippen LogP contribution is -1.91. The third-order valence-corrected chi connectivity index (χ3v) is 1.83. The highest BCUT2D eigenvalue weighted by Crippen LogP contribution is 2.17. The molecule has 0 aromatic heterocycles. The van der Waals surface area contributed by atoms with Crippen LogP contribution in [-0.4, -0.2) is 7.11 Å². The van der Waals surface area contributed by atoms with E-state index in [0.29, 0.717) is 0 Å². The van der Waals surface area contributed by atoms with Crippen LogP contribution in [0.2, 0.25) is 0 Å². The van der Waals surface area contributed by atoms with Crippen molar-refractivity contribution in [3.63, 3.8) is 0 Å². The van der Waals surface area contributed by atoms with Crippen molar-refractivity contribution in [2.24, 2.45) is 0 Å². The second kappa shape index (κ2) is 4.08. The van der Waals surface area contributed by atoms with E-state index in [2.05, 4.69) is 18.4 Å². The first-order chi connectivity index (χ1) is 5.36. The quantitative estimate of drug-likeness (QED) is 0.562. The SMILES string of the molecule is CCCC1=C=C=C(OC)CC1. The molecule has 1 aliphatic carbocycles. The molecule has 0 aliphatic heterocycles. The fourth-order valence-electron chi connectivity index (χ4n) is 1.19. The van der Waals surface area contributed by atoms with Gasteiger partial charge in [0, 0.05) is 6.42 Å². The lowest BCUT2D eigenvalue weighted by atomic mass is 10.0. The molecule has 0 fully saturated rings.